The van der Waals surface area contributed by atoms with Crippen molar-refractivity contribution < 1.29 is 14.3 Å². The van der Waals surface area contributed by atoms with E-state index in [1.807, 2.05) is 36.4 Å². The summed E-state index contributed by atoms with van der Waals surface area (Å²) in [7, 11) is 1.60. The molecule has 1 saturated heterocycles. The van der Waals surface area contributed by atoms with Crippen LogP contribution in [0.25, 0.3) is 6.08 Å². The lowest BCUT2D eigenvalue weighted by atomic mass is 10.1. The van der Waals surface area contributed by atoms with Gasteiger partial charge in [-0.2, -0.15) is 0 Å². The molecule has 1 heterocycles. The van der Waals surface area contributed by atoms with Gasteiger partial charge in [0, 0.05) is 6.54 Å². The Hall–Kier alpha value is -2.57. The lowest BCUT2D eigenvalue weighted by Gasteiger charge is -2.12. The third-order valence-corrected chi connectivity index (χ3v) is 5.53. The molecule has 0 saturated carbocycles. The maximum atomic E-state index is 12.5. The van der Waals surface area contributed by atoms with Crippen molar-refractivity contribution in [1.29, 1.82) is 0 Å². The number of ether oxygens (including phenoxy) is 2. The molecule has 28 heavy (non-hydrogen) atoms. The van der Waals surface area contributed by atoms with Gasteiger partial charge in [0.1, 0.15) is 10.9 Å². The predicted molar refractivity (Wildman–Crippen MR) is 119 cm³/mol. The molecule has 3 rings (SSSR count). The van der Waals surface area contributed by atoms with E-state index in [0.717, 1.165) is 11.1 Å². The maximum absolute atomic E-state index is 12.5. The fraction of sp³-hybridized carbons (Fsp3) is 0.182. The molecule has 0 radical (unpaired) electrons. The first-order chi connectivity index (χ1) is 13.5. The molecule has 2 aromatic rings. The van der Waals surface area contributed by atoms with Crippen LogP contribution < -0.4 is 9.47 Å². The highest BCUT2D eigenvalue weighted by Gasteiger charge is 2.30. The second kappa shape index (κ2) is 9.08. The summed E-state index contributed by atoms with van der Waals surface area (Å²) in [4.78, 5) is 14.6. The number of methoxy groups -OCH3 is 1. The summed E-state index contributed by atoms with van der Waals surface area (Å²) in [6.45, 7) is 6.59. The monoisotopic (exact) mass is 411 g/mol. The zero-order chi connectivity index (χ0) is 20.1. The van der Waals surface area contributed by atoms with Crippen molar-refractivity contribution in [2.24, 2.45) is 0 Å². The topological polar surface area (TPSA) is 38.8 Å². The van der Waals surface area contributed by atoms with Crippen molar-refractivity contribution in [1.82, 2.24) is 4.90 Å². The molecule has 1 aliphatic heterocycles. The number of benzene rings is 2. The Balaban J connectivity index is 1.77. The molecule has 0 spiro atoms. The van der Waals surface area contributed by atoms with E-state index in [9.17, 15) is 4.79 Å². The fourth-order valence-electron chi connectivity index (χ4n) is 2.79. The standard InChI is InChI=1S/C22H21NO3S2/c1-4-10-23-21(24)20(28-22(23)27)13-16-8-9-18(19(12-16)25-3)26-14-17-7-5-6-15(2)11-17/h4-9,11-13H,1,10,14H2,2-3H3/b20-13-. The van der Waals surface area contributed by atoms with Gasteiger partial charge in [-0.15, -0.1) is 6.58 Å². The van der Waals surface area contributed by atoms with Crippen LogP contribution in [-0.4, -0.2) is 28.8 Å². The van der Waals surface area contributed by atoms with Gasteiger partial charge in [0.15, 0.2) is 11.5 Å². The van der Waals surface area contributed by atoms with Crippen molar-refractivity contribution in [2.75, 3.05) is 13.7 Å². The normalized spacial score (nSPS) is 15.2. The second-order valence-corrected chi connectivity index (χ2v) is 7.94. The minimum atomic E-state index is -0.103. The molecule has 0 atom stereocenters. The number of aryl methyl sites for hydroxylation is 1. The average molecular weight is 412 g/mol. The van der Waals surface area contributed by atoms with Gasteiger partial charge < -0.3 is 9.47 Å². The fourth-order valence-corrected chi connectivity index (χ4v) is 4.07. The number of carbonyl (C=O) groups excluding carboxylic acids is 1. The van der Waals surface area contributed by atoms with Gasteiger partial charge in [-0.3, -0.25) is 9.69 Å². The van der Waals surface area contributed by atoms with E-state index in [2.05, 4.69) is 25.6 Å². The number of thioether (sulfide) groups is 1. The minimum absolute atomic E-state index is 0.103. The first kappa shape index (κ1) is 20.2. The van der Waals surface area contributed by atoms with Gasteiger partial charge in [-0.05, 0) is 36.3 Å². The molecule has 1 fully saturated rings. The lowest BCUT2D eigenvalue weighted by Crippen LogP contribution is -2.27. The molecule has 2 aromatic carbocycles. The smallest absolute Gasteiger partial charge is 0.266 e. The van der Waals surface area contributed by atoms with Crippen LogP contribution in [0.4, 0.5) is 0 Å². The molecule has 6 heteroatoms. The molecule has 1 aliphatic rings. The van der Waals surface area contributed by atoms with Gasteiger partial charge in [0.25, 0.3) is 5.91 Å². The van der Waals surface area contributed by atoms with Crippen molar-refractivity contribution in [3.63, 3.8) is 0 Å². The van der Waals surface area contributed by atoms with E-state index >= 15 is 0 Å². The molecule has 4 nitrogen and oxygen atoms in total. The van der Waals surface area contributed by atoms with E-state index in [4.69, 9.17) is 21.7 Å². The van der Waals surface area contributed by atoms with E-state index < -0.39 is 0 Å². The molecule has 0 unspecified atom stereocenters. The highest BCUT2D eigenvalue weighted by atomic mass is 32.2. The molecule has 1 amide bonds. The Morgan fingerprint density at radius 3 is 2.75 bits per heavy atom. The SMILES string of the molecule is C=CCN1C(=O)/C(=C/c2ccc(OCc3cccc(C)c3)c(OC)c2)SC1=S. The minimum Gasteiger partial charge on any atom is -0.493 e. The third kappa shape index (κ3) is 4.64. The second-order valence-electron chi connectivity index (χ2n) is 6.27. The van der Waals surface area contributed by atoms with Crippen LogP contribution in [0.3, 0.4) is 0 Å². The van der Waals surface area contributed by atoms with Crippen molar-refractivity contribution in [2.45, 2.75) is 13.5 Å². The molecular formula is C22H21NO3S2. The van der Waals surface area contributed by atoms with Crippen LogP contribution in [-0.2, 0) is 11.4 Å². The van der Waals surface area contributed by atoms with Crippen LogP contribution in [0, 0.1) is 6.92 Å². The lowest BCUT2D eigenvalue weighted by molar-refractivity contribution is -0.121. The number of rotatable bonds is 7. The number of carbonyl (C=O) groups is 1. The van der Waals surface area contributed by atoms with Crippen LogP contribution in [0.2, 0.25) is 0 Å². The van der Waals surface area contributed by atoms with Crippen LogP contribution in [0.5, 0.6) is 11.5 Å². The molecule has 144 valence electrons. The molecule has 0 bridgehead atoms. The molecular weight excluding hydrogens is 390 g/mol. The van der Waals surface area contributed by atoms with Crippen LogP contribution >= 0.6 is 24.0 Å². The van der Waals surface area contributed by atoms with E-state index in [1.165, 1.54) is 22.2 Å². The van der Waals surface area contributed by atoms with Crippen molar-refractivity contribution in [3.8, 4) is 11.5 Å². The third-order valence-electron chi connectivity index (χ3n) is 4.15. The van der Waals surface area contributed by atoms with E-state index in [-0.39, 0.29) is 5.91 Å². The average Bonchev–Trinajstić information content (AvgIpc) is 2.94. The zero-order valence-corrected chi connectivity index (χ0v) is 17.4. The Labute approximate surface area is 174 Å². The summed E-state index contributed by atoms with van der Waals surface area (Å²) in [6.07, 6.45) is 3.48. The van der Waals surface area contributed by atoms with Crippen LogP contribution in [0.1, 0.15) is 16.7 Å². The first-order valence-electron chi connectivity index (χ1n) is 8.74. The number of thiocarbonyl (C=S) groups is 1. The summed E-state index contributed by atoms with van der Waals surface area (Å²) in [5.74, 6) is 1.16. The highest BCUT2D eigenvalue weighted by molar-refractivity contribution is 8.26. The van der Waals surface area contributed by atoms with E-state index in [1.54, 1.807) is 13.2 Å². The molecule has 0 aliphatic carbocycles. The van der Waals surface area contributed by atoms with Gasteiger partial charge >= 0.3 is 0 Å². The zero-order valence-electron chi connectivity index (χ0n) is 15.8. The quantitative estimate of drug-likeness (QED) is 0.365. The van der Waals surface area contributed by atoms with Gasteiger partial charge in [-0.25, -0.2) is 0 Å². The van der Waals surface area contributed by atoms with Gasteiger partial charge in [0.2, 0.25) is 0 Å². The number of nitrogens with zero attached hydrogens (tertiary/aromatic N) is 1. The highest BCUT2D eigenvalue weighted by Crippen LogP contribution is 2.34. The van der Waals surface area contributed by atoms with E-state index in [0.29, 0.717) is 33.9 Å². The number of hydrogen-bond acceptors (Lipinski definition) is 5. The summed E-state index contributed by atoms with van der Waals surface area (Å²) in [5.41, 5.74) is 3.13. The van der Waals surface area contributed by atoms with Crippen molar-refractivity contribution in [3.05, 3.63) is 76.7 Å². The largest absolute Gasteiger partial charge is 0.493 e. The number of amides is 1. The van der Waals surface area contributed by atoms with Gasteiger partial charge in [0.05, 0.1) is 12.0 Å². The Morgan fingerprint density at radius 1 is 1.21 bits per heavy atom. The number of hydrogen-bond donors (Lipinski definition) is 0. The first-order valence-corrected chi connectivity index (χ1v) is 9.97. The Morgan fingerprint density at radius 2 is 2.04 bits per heavy atom. The summed E-state index contributed by atoms with van der Waals surface area (Å²) in [6, 6.07) is 13.8. The maximum Gasteiger partial charge on any atom is 0.266 e. The summed E-state index contributed by atoms with van der Waals surface area (Å²) < 4.78 is 11.9. The Bertz CT molecular complexity index is 953. The Kier molecular flexibility index (Phi) is 6.54. The predicted octanol–water partition coefficient (Wildman–Crippen LogP) is 4.97. The molecule has 0 N–H and O–H groups in total. The van der Waals surface area contributed by atoms with Crippen molar-refractivity contribution >= 4 is 40.3 Å². The van der Waals surface area contributed by atoms with Gasteiger partial charge in [-0.1, -0.05) is 66.0 Å². The van der Waals surface area contributed by atoms with Crippen LogP contribution in [0.15, 0.2) is 60.0 Å². The summed E-state index contributed by atoms with van der Waals surface area (Å²) in [5, 5.41) is 0. The molecule has 0 aromatic heterocycles. The summed E-state index contributed by atoms with van der Waals surface area (Å²) >= 11 is 6.56.